The van der Waals surface area contributed by atoms with Gasteiger partial charge in [0.1, 0.15) is 29.4 Å². The van der Waals surface area contributed by atoms with Crippen molar-refractivity contribution in [2.24, 2.45) is 5.73 Å². The van der Waals surface area contributed by atoms with Crippen LogP contribution in [-0.4, -0.2) is 57.6 Å². The number of rotatable bonds is 11. The highest BCUT2D eigenvalue weighted by Crippen LogP contribution is 2.38. The molecule has 0 spiro atoms. The van der Waals surface area contributed by atoms with Crippen molar-refractivity contribution in [3.8, 4) is 28.3 Å². The van der Waals surface area contributed by atoms with E-state index in [1.54, 1.807) is 24.5 Å². The molecule has 1 atom stereocenters. The monoisotopic (exact) mass is 607 g/mol. The predicted octanol–water partition coefficient (Wildman–Crippen LogP) is 5.96. The van der Waals surface area contributed by atoms with Crippen LogP contribution >= 0.6 is 11.3 Å². The molecule has 0 aliphatic carbocycles. The largest absolute Gasteiger partial charge is 0.492 e. The number of primary amides is 1. The number of halogens is 1. The van der Waals surface area contributed by atoms with E-state index in [0.717, 1.165) is 28.4 Å². The second kappa shape index (κ2) is 12.6. The number of thiophene rings is 1. The minimum Gasteiger partial charge on any atom is -0.492 e. The number of hydrogen-bond donors (Lipinski definition) is 2. The van der Waals surface area contributed by atoms with Crippen LogP contribution in [0.25, 0.3) is 28.0 Å². The topological polar surface area (TPSA) is 111 Å². The van der Waals surface area contributed by atoms with Crippen LogP contribution in [0.4, 0.5) is 16.0 Å². The fourth-order valence-corrected chi connectivity index (χ4v) is 5.85. The number of nitrogens with one attached hydrogen (secondary N) is 1. The quantitative estimate of drug-likeness (QED) is 0.187. The summed E-state index contributed by atoms with van der Waals surface area (Å²) in [6.07, 6.45) is 3.31. The number of hydrogen-bond acceptors (Lipinski definition) is 8. The van der Waals surface area contributed by atoms with Gasteiger partial charge in [-0.15, -0.1) is 11.3 Å². The molecule has 0 aliphatic rings. The van der Waals surface area contributed by atoms with Crippen molar-refractivity contribution in [2.75, 3.05) is 32.6 Å². The normalized spacial score (nSPS) is 12.0. The zero-order valence-electron chi connectivity index (χ0n) is 24.1. The summed E-state index contributed by atoms with van der Waals surface area (Å²) in [5.74, 6) is -0.470. The van der Waals surface area contributed by atoms with E-state index in [-0.39, 0.29) is 5.52 Å². The van der Waals surface area contributed by atoms with Gasteiger partial charge in [0.15, 0.2) is 0 Å². The van der Waals surface area contributed by atoms with E-state index in [2.05, 4.69) is 15.2 Å². The van der Waals surface area contributed by atoms with Crippen LogP contribution in [0.15, 0.2) is 96.6 Å². The summed E-state index contributed by atoms with van der Waals surface area (Å²) in [6.45, 7) is 1.35. The second-order valence-electron chi connectivity index (χ2n) is 10.4. The maximum atomic E-state index is 15.4. The number of anilines is 2. The lowest BCUT2D eigenvalue weighted by atomic mass is 9.93. The SMILES string of the molecule is CN(C)CCOc1cccc(Nc2nccc(-c3c(-c4cccc(C(C(N)=O)c5cccs5)c4)nn4cccc(F)c34)n2)c1. The number of pyridine rings is 1. The summed E-state index contributed by atoms with van der Waals surface area (Å²) in [4.78, 5) is 24.6. The molecule has 0 aliphatic heterocycles. The van der Waals surface area contributed by atoms with Crippen molar-refractivity contribution in [3.63, 3.8) is 0 Å². The van der Waals surface area contributed by atoms with Crippen LogP contribution in [0.2, 0.25) is 0 Å². The fraction of sp³-hybridized carbons (Fsp3) is 0.152. The minimum atomic E-state index is -0.621. The zero-order chi connectivity index (χ0) is 30.6. The van der Waals surface area contributed by atoms with Crippen molar-refractivity contribution in [3.05, 3.63) is 113 Å². The number of aromatic nitrogens is 4. The molecule has 2 aromatic carbocycles. The third kappa shape index (κ3) is 6.14. The Balaban J connectivity index is 1.39. The summed E-state index contributed by atoms with van der Waals surface area (Å²) >= 11 is 1.47. The number of amides is 1. The molecule has 4 aromatic heterocycles. The first-order valence-corrected chi connectivity index (χ1v) is 14.8. The van der Waals surface area contributed by atoms with E-state index in [0.29, 0.717) is 35.1 Å². The van der Waals surface area contributed by atoms with E-state index in [1.807, 2.05) is 80.1 Å². The van der Waals surface area contributed by atoms with Gasteiger partial charge in [0.25, 0.3) is 0 Å². The molecule has 9 nitrogen and oxygen atoms in total. The molecule has 1 amide bonds. The minimum absolute atomic E-state index is 0.276. The summed E-state index contributed by atoms with van der Waals surface area (Å²) < 4.78 is 22.8. The fourth-order valence-electron chi connectivity index (χ4n) is 4.99. The number of carbonyl (C=O) groups excluding carboxylic acids is 1. The molecular formula is C33H30FN7O2S. The molecular weight excluding hydrogens is 577 g/mol. The first-order chi connectivity index (χ1) is 21.4. The average molecular weight is 608 g/mol. The van der Waals surface area contributed by atoms with Gasteiger partial charge in [-0.3, -0.25) is 4.79 Å². The van der Waals surface area contributed by atoms with Gasteiger partial charge in [-0.1, -0.05) is 30.3 Å². The first-order valence-electron chi connectivity index (χ1n) is 14.0. The number of nitrogens with two attached hydrogens (primary N) is 1. The molecule has 0 radical (unpaired) electrons. The summed E-state index contributed by atoms with van der Waals surface area (Å²) in [6, 6.07) is 23.5. The Morgan fingerprint density at radius 3 is 2.75 bits per heavy atom. The van der Waals surface area contributed by atoms with Gasteiger partial charge < -0.3 is 20.7 Å². The van der Waals surface area contributed by atoms with Crippen molar-refractivity contribution >= 4 is 34.4 Å². The summed E-state index contributed by atoms with van der Waals surface area (Å²) in [5, 5.41) is 9.90. The number of fused-ring (bicyclic) bond motifs is 1. The smallest absolute Gasteiger partial charge is 0.230 e. The number of carbonyl (C=O) groups is 1. The third-order valence-corrected chi connectivity index (χ3v) is 7.96. The van der Waals surface area contributed by atoms with Crippen LogP contribution < -0.4 is 15.8 Å². The van der Waals surface area contributed by atoms with Gasteiger partial charge in [0, 0.05) is 41.1 Å². The molecule has 44 heavy (non-hydrogen) atoms. The number of likely N-dealkylation sites (N-methyl/N-ethyl adjacent to an activating group) is 1. The van der Waals surface area contributed by atoms with E-state index in [1.165, 1.54) is 21.9 Å². The van der Waals surface area contributed by atoms with Gasteiger partial charge in [-0.2, -0.15) is 5.10 Å². The Hall–Kier alpha value is -5.13. The van der Waals surface area contributed by atoms with E-state index in [9.17, 15) is 4.79 Å². The highest BCUT2D eigenvalue weighted by Gasteiger charge is 2.25. The molecule has 4 heterocycles. The van der Waals surface area contributed by atoms with E-state index in [4.69, 9.17) is 20.6 Å². The summed E-state index contributed by atoms with van der Waals surface area (Å²) in [5.41, 5.74) is 9.76. The van der Waals surface area contributed by atoms with Gasteiger partial charge in [-0.25, -0.2) is 18.9 Å². The molecule has 3 N–H and O–H groups in total. The molecule has 222 valence electrons. The van der Waals surface area contributed by atoms with Crippen molar-refractivity contribution in [1.82, 2.24) is 24.5 Å². The number of nitrogens with zero attached hydrogens (tertiary/aromatic N) is 5. The molecule has 0 saturated heterocycles. The van der Waals surface area contributed by atoms with Gasteiger partial charge in [-0.05, 0) is 67.5 Å². The van der Waals surface area contributed by atoms with Crippen LogP contribution in [-0.2, 0) is 4.79 Å². The zero-order valence-corrected chi connectivity index (χ0v) is 25.0. The lowest BCUT2D eigenvalue weighted by Crippen LogP contribution is -2.21. The molecule has 6 aromatic rings. The molecule has 0 saturated carbocycles. The Kier molecular flexibility index (Phi) is 8.31. The third-order valence-electron chi connectivity index (χ3n) is 7.02. The Morgan fingerprint density at radius 1 is 1.09 bits per heavy atom. The maximum absolute atomic E-state index is 15.4. The Labute approximate surface area is 257 Å². The Morgan fingerprint density at radius 2 is 1.95 bits per heavy atom. The van der Waals surface area contributed by atoms with E-state index >= 15 is 4.39 Å². The van der Waals surface area contributed by atoms with Gasteiger partial charge in [0.2, 0.25) is 11.9 Å². The van der Waals surface area contributed by atoms with Crippen molar-refractivity contribution in [2.45, 2.75) is 5.92 Å². The lowest BCUT2D eigenvalue weighted by molar-refractivity contribution is -0.118. The predicted molar refractivity (Wildman–Crippen MR) is 171 cm³/mol. The first kappa shape index (κ1) is 29.0. The average Bonchev–Trinajstić information content (AvgIpc) is 3.67. The van der Waals surface area contributed by atoms with Crippen molar-refractivity contribution in [1.29, 1.82) is 0 Å². The van der Waals surface area contributed by atoms with Crippen LogP contribution in [0, 0.1) is 5.82 Å². The van der Waals surface area contributed by atoms with Crippen LogP contribution in [0.1, 0.15) is 16.4 Å². The van der Waals surface area contributed by atoms with Gasteiger partial charge in [0.05, 0.1) is 17.2 Å². The van der Waals surface area contributed by atoms with E-state index < -0.39 is 17.6 Å². The molecule has 11 heteroatoms. The highest BCUT2D eigenvalue weighted by molar-refractivity contribution is 7.10. The maximum Gasteiger partial charge on any atom is 0.230 e. The molecule has 6 rings (SSSR count). The summed E-state index contributed by atoms with van der Waals surface area (Å²) in [7, 11) is 3.99. The Bertz CT molecular complexity index is 1920. The van der Waals surface area contributed by atoms with Crippen LogP contribution in [0.3, 0.4) is 0 Å². The number of ether oxygens (including phenoxy) is 1. The highest BCUT2D eigenvalue weighted by atomic mass is 32.1. The molecule has 1 unspecified atom stereocenters. The standard InChI is InChI=1S/C33H30FN7O2S/c1-40(2)16-17-43-24-10-4-9-23(20-24)37-33-36-14-13-26(38-33)29-30(39-41-15-5-11-25(34)31(29)41)22-8-3-7-21(19-22)28(32(35)42)27-12-6-18-44-27/h3-15,18-20,28H,16-17H2,1-2H3,(H2,35,42)(H,36,37,38). The molecule has 0 fully saturated rings. The number of benzene rings is 2. The van der Waals surface area contributed by atoms with Gasteiger partial charge >= 0.3 is 0 Å². The van der Waals surface area contributed by atoms with Crippen molar-refractivity contribution < 1.29 is 13.9 Å². The molecule has 0 bridgehead atoms. The van der Waals surface area contributed by atoms with Crippen LogP contribution in [0.5, 0.6) is 5.75 Å². The second-order valence-corrected chi connectivity index (χ2v) is 11.4. The lowest BCUT2D eigenvalue weighted by Gasteiger charge is -2.14.